The second kappa shape index (κ2) is 6.10. The minimum Gasteiger partial charge on any atom is -0.479 e. The molecule has 2 aromatic heterocycles. The third-order valence-electron chi connectivity index (χ3n) is 4.59. The quantitative estimate of drug-likeness (QED) is 0.909. The van der Waals surface area contributed by atoms with Gasteiger partial charge in [-0.25, -0.2) is 9.78 Å². The van der Waals surface area contributed by atoms with Crippen molar-refractivity contribution < 1.29 is 19.1 Å². The van der Waals surface area contributed by atoms with Gasteiger partial charge in [-0.05, 0) is 12.5 Å². The van der Waals surface area contributed by atoms with Gasteiger partial charge >= 0.3 is 5.97 Å². The van der Waals surface area contributed by atoms with Crippen LogP contribution in [0, 0.1) is 6.92 Å². The highest BCUT2D eigenvalue weighted by atomic mass is 16.4. The van der Waals surface area contributed by atoms with Gasteiger partial charge in [0.1, 0.15) is 5.76 Å². The number of aromatic nitrogens is 3. The van der Waals surface area contributed by atoms with Crippen molar-refractivity contribution in [3.05, 3.63) is 35.8 Å². The van der Waals surface area contributed by atoms with E-state index in [2.05, 4.69) is 10.1 Å². The number of carbonyl (C=O) groups excluding carboxylic acids is 1. The van der Waals surface area contributed by atoms with Crippen LogP contribution in [0.5, 0.6) is 0 Å². The predicted molar refractivity (Wildman–Crippen MR) is 83.6 cm³/mol. The summed E-state index contributed by atoms with van der Waals surface area (Å²) in [5.41, 5.74) is 0.113. The first-order chi connectivity index (χ1) is 11.5. The molecule has 3 rings (SSSR count). The molecule has 24 heavy (non-hydrogen) atoms. The van der Waals surface area contributed by atoms with Crippen molar-refractivity contribution in [3.63, 3.8) is 0 Å². The number of nitrogens with zero attached hydrogens (tertiary/aromatic N) is 4. The van der Waals surface area contributed by atoms with E-state index >= 15 is 0 Å². The molecule has 128 valence electrons. The summed E-state index contributed by atoms with van der Waals surface area (Å²) >= 11 is 0. The Kier molecular flexibility index (Phi) is 4.13. The lowest BCUT2D eigenvalue weighted by Crippen LogP contribution is -2.52. The summed E-state index contributed by atoms with van der Waals surface area (Å²) in [4.78, 5) is 30.1. The second-order valence-electron chi connectivity index (χ2n) is 6.07. The van der Waals surface area contributed by atoms with Crippen molar-refractivity contribution in [2.24, 2.45) is 0 Å². The van der Waals surface area contributed by atoms with E-state index in [9.17, 15) is 14.7 Å². The summed E-state index contributed by atoms with van der Waals surface area (Å²) in [7, 11) is 0. The monoisotopic (exact) mass is 332 g/mol. The molecule has 3 heterocycles. The fraction of sp³-hybridized carbons (Fsp3) is 0.500. The lowest BCUT2D eigenvalue weighted by Gasteiger charge is -2.38. The molecule has 0 aromatic carbocycles. The van der Waals surface area contributed by atoms with E-state index in [-0.39, 0.29) is 5.91 Å². The smallest absolute Gasteiger partial charge is 0.331 e. The molecule has 0 atom stereocenters. The molecule has 8 nitrogen and oxygen atoms in total. The molecule has 1 saturated heterocycles. The average molecular weight is 332 g/mol. The van der Waals surface area contributed by atoms with E-state index in [1.54, 1.807) is 17.3 Å². The number of aliphatic carboxylic acids is 1. The zero-order chi connectivity index (χ0) is 17.3. The maximum Gasteiger partial charge on any atom is 0.331 e. The minimum absolute atomic E-state index is 0.212. The molecule has 0 spiro atoms. The average Bonchev–Trinajstić information content (AvgIpc) is 3.22. The van der Waals surface area contributed by atoms with Crippen molar-refractivity contribution in [2.45, 2.75) is 38.6 Å². The SMILES string of the molecule is CCc1ocnc1C(=O)N1CCC(C(=O)O)(n2cc(C)cn2)CC1. The summed E-state index contributed by atoms with van der Waals surface area (Å²) < 4.78 is 6.72. The number of aryl methyl sites for hydroxylation is 2. The molecule has 0 radical (unpaired) electrons. The fourth-order valence-electron chi connectivity index (χ4n) is 3.11. The Morgan fingerprint density at radius 3 is 2.62 bits per heavy atom. The van der Waals surface area contributed by atoms with E-state index in [4.69, 9.17) is 4.42 Å². The summed E-state index contributed by atoms with van der Waals surface area (Å²) in [5.74, 6) is -0.581. The Hall–Kier alpha value is -2.64. The van der Waals surface area contributed by atoms with Crippen molar-refractivity contribution in [1.29, 1.82) is 0 Å². The summed E-state index contributed by atoms with van der Waals surface area (Å²) in [6.45, 7) is 4.43. The summed E-state index contributed by atoms with van der Waals surface area (Å²) in [5, 5.41) is 13.9. The number of likely N-dealkylation sites (tertiary alicyclic amines) is 1. The first kappa shape index (κ1) is 16.2. The van der Waals surface area contributed by atoms with Crippen LogP contribution < -0.4 is 0 Å². The van der Waals surface area contributed by atoms with Gasteiger partial charge in [0.25, 0.3) is 5.91 Å². The fourth-order valence-corrected chi connectivity index (χ4v) is 3.11. The highest BCUT2D eigenvalue weighted by molar-refractivity contribution is 5.93. The molecule has 0 unspecified atom stereocenters. The number of amides is 1. The molecular formula is C16H20N4O4. The number of carboxylic acids is 1. The number of carboxylic acid groups (broad SMARTS) is 1. The largest absolute Gasteiger partial charge is 0.479 e. The van der Waals surface area contributed by atoms with Crippen molar-refractivity contribution >= 4 is 11.9 Å². The van der Waals surface area contributed by atoms with Gasteiger partial charge in [-0.2, -0.15) is 5.10 Å². The Morgan fingerprint density at radius 1 is 1.38 bits per heavy atom. The van der Waals surface area contributed by atoms with Crippen molar-refractivity contribution in [3.8, 4) is 0 Å². The number of hydrogen-bond acceptors (Lipinski definition) is 5. The molecule has 1 aliphatic heterocycles. The maximum atomic E-state index is 12.6. The van der Waals surface area contributed by atoms with Crippen LogP contribution in [0.3, 0.4) is 0 Å². The van der Waals surface area contributed by atoms with Crippen molar-refractivity contribution in [2.75, 3.05) is 13.1 Å². The third-order valence-corrected chi connectivity index (χ3v) is 4.59. The van der Waals surface area contributed by atoms with Gasteiger partial charge in [-0.15, -0.1) is 0 Å². The zero-order valence-corrected chi connectivity index (χ0v) is 13.7. The van der Waals surface area contributed by atoms with Crippen LogP contribution in [0.25, 0.3) is 0 Å². The van der Waals surface area contributed by atoms with Crippen LogP contribution in [0.1, 0.15) is 41.6 Å². The van der Waals surface area contributed by atoms with Crippen LogP contribution in [-0.4, -0.2) is 49.7 Å². The van der Waals surface area contributed by atoms with Crippen LogP contribution in [-0.2, 0) is 16.8 Å². The van der Waals surface area contributed by atoms with Gasteiger partial charge in [0.2, 0.25) is 0 Å². The molecule has 0 aliphatic carbocycles. The van der Waals surface area contributed by atoms with Gasteiger partial charge < -0.3 is 14.4 Å². The van der Waals surface area contributed by atoms with Crippen LogP contribution in [0.4, 0.5) is 0 Å². The number of carbonyl (C=O) groups is 2. The first-order valence-electron chi connectivity index (χ1n) is 7.94. The molecule has 1 aliphatic rings. The Labute approximate surface area is 139 Å². The number of hydrogen-bond donors (Lipinski definition) is 1. The van der Waals surface area contributed by atoms with Crippen molar-refractivity contribution in [1.82, 2.24) is 19.7 Å². The molecule has 0 saturated carbocycles. The molecule has 1 fully saturated rings. The highest BCUT2D eigenvalue weighted by Crippen LogP contribution is 2.31. The number of rotatable bonds is 4. The minimum atomic E-state index is -1.11. The van der Waals surface area contributed by atoms with E-state index in [1.165, 1.54) is 11.1 Å². The van der Waals surface area contributed by atoms with E-state index in [0.29, 0.717) is 43.8 Å². The zero-order valence-electron chi connectivity index (χ0n) is 13.7. The Balaban J connectivity index is 1.79. The van der Waals surface area contributed by atoms with E-state index in [1.807, 2.05) is 13.8 Å². The normalized spacial score (nSPS) is 17.0. The molecule has 1 N–H and O–H groups in total. The second-order valence-corrected chi connectivity index (χ2v) is 6.07. The molecular weight excluding hydrogens is 312 g/mol. The topological polar surface area (TPSA) is 101 Å². The van der Waals surface area contributed by atoms with Crippen LogP contribution in [0.2, 0.25) is 0 Å². The third kappa shape index (κ3) is 2.57. The summed E-state index contributed by atoms with van der Waals surface area (Å²) in [6, 6.07) is 0. The van der Waals surface area contributed by atoms with Gasteiger partial charge in [-0.3, -0.25) is 9.48 Å². The lowest BCUT2D eigenvalue weighted by molar-refractivity contribution is -0.150. The van der Waals surface area contributed by atoms with Crippen LogP contribution in [0.15, 0.2) is 23.2 Å². The molecule has 1 amide bonds. The molecule has 2 aromatic rings. The van der Waals surface area contributed by atoms with E-state index in [0.717, 1.165) is 5.56 Å². The summed E-state index contributed by atoms with van der Waals surface area (Å²) in [6.07, 6.45) is 5.83. The molecule has 8 heteroatoms. The predicted octanol–water partition coefficient (Wildman–Crippen LogP) is 1.46. The van der Waals surface area contributed by atoms with Gasteiger partial charge in [0, 0.05) is 38.5 Å². The number of piperidine rings is 1. The standard InChI is InChI=1S/C16H20N4O4/c1-3-12-13(17-10-24-12)14(21)19-6-4-16(5-7-19,15(22)23)20-9-11(2)8-18-20/h8-10H,3-7H2,1-2H3,(H,22,23). The number of oxazole rings is 1. The first-order valence-corrected chi connectivity index (χ1v) is 7.94. The highest BCUT2D eigenvalue weighted by Gasteiger charge is 2.45. The Bertz CT molecular complexity index is 756. The Morgan fingerprint density at radius 2 is 2.08 bits per heavy atom. The van der Waals surface area contributed by atoms with Gasteiger partial charge in [0.15, 0.2) is 17.6 Å². The molecule has 0 bridgehead atoms. The maximum absolute atomic E-state index is 12.6. The van der Waals surface area contributed by atoms with E-state index < -0.39 is 11.5 Å². The van der Waals surface area contributed by atoms with Gasteiger partial charge in [0.05, 0.1) is 6.20 Å². The van der Waals surface area contributed by atoms with Crippen LogP contribution >= 0.6 is 0 Å². The lowest BCUT2D eigenvalue weighted by atomic mass is 9.87. The van der Waals surface area contributed by atoms with Gasteiger partial charge in [-0.1, -0.05) is 6.92 Å².